The third-order valence-electron chi connectivity index (χ3n) is 4.18. The van der Waals surface area contributed by atoms with Crippen molar-refractivity contribution in [3.8, 4) is 0 Å². The molecule has 7 heteroatoms. The van der Waals surface area contributed by atoms with Crippen LogP contribution in [-0.4, -0.2) is 24.0 Å². The molecule has 1 saturated heterocycles. The Labute approximate surface area is 155 Å². The first-order chi connectivity index (χ1) is 11.9. The van der Waals surface area contributed by atoms with Crippen LogP contribution in [-0.2, 0) is 4.79 Å². The summed E-state index contributed by atoms with van der Waals surface area (Å²) in [5, 5.41) is 9.51. The van der Waals surface area contributed by atoms with Gasteiger partial charge in [0.25, 0.3) is 0 Å². The van der Waals surface area contributed by atoms with Gasteiger partial charge in [-0.05, 0) is 42.3 Å². The van der Waals surface area contributed by atoms with Crippen LogP contribution in [0.2, 0.25) is 10.0 Å². The number of urea groups is 1. The fraction of sp³-hybridized carbons (Fsp3) is 0.222. The summed E-state index contributed by atoms with van der Waals surface area (Å²) >= 11 is 11.9. The normalized spacial score (nSPS) is 19.4. The number of carbonyl (C=O) groups is 2. The maximum Gasteiger partial charge on any atom is 0.315 e. The number of benzene rings is 2. The zero-order valence-electron chi connectivity index (χ0n) is 13.5. The van der Waals surface area contributed by atoms with Gasteiger partial charge in [0, 0.05) is 10.0 Å². The Morgan fingerprint density at radius 2 is 1.52 bits per heavy atom. The third kappa shape index (κ3) is 3.89. The van der Waals surface area contributed by atoms with E-state index in [0.29, 0.717) is 10.0 Å². The van der Waals surface area contributed by atoms with E-state index in [2.05, 4.69) is 16.0 Å². The summed E-state index contributed by atoms with van der Waals surface area (Å²) in [5.41, 5.74) is 0.746. The molecule has 1 aliphatic rings. The first-order valence-corrected chi connectivity index (χ1v) is 8.51. The molecule has 2 aromatic carbocycles. The van der Waals surface area contributed by atoms with E-state index in [0.717, 1.165) is 11.1 Å². The van der Waals surface area contributed by atoms with Gasteiger partial charge in [-0.25, -0.2) is 4.79 Å². The van der Waals surface area contributed by atoms with Gasteiger partial charge in [-0.15, -0.1) is 0 Å². The van der Waals surface area contributed by atoms with Crippen molar-refractivity contribution in [1.29, 1.82) is 0 Å². The summed E-state index contributed by atoms with van der Waals surface area (Å²) in [6, 6.07) is 13.8. The number of hydrogen-bond acceptors (Lipinski definition) is 2. The Morgan fingerprint density at radius 1 is 1.04 bits per heavy atom. The lowest BCUT2D eigenvalue weighted by molar-refractivity contribution is -0.126. The molecule has 0 bridgehead atoms. The molecule has 0 aliphatic carbocycles. The van der Waals surface area contributed by atoms with E-state index in [-0.39, 0.29) is 18.5 Å². The highest BCUT2D eigenvalue weighted by Crippen LogP contribution is 2.26. The molecule has 1 heterocycles. The Balaban J connectivity index is 1.91. The van der Waals surface area contributed by atoms with Gasteiger partial charge in [-0.3, -0.25) is 4.79 Å². The number of rotatable bonds is 4. The van der Waals surface area contributed by atoms with Gasteiger partial charge in [-0.2, -0.15) is 0 Å². The van der Waals surface area contributed by atoms with Crippen LogP contribution in [0.4, 0.5) is 4.79 Å². The molecule has 0 spiro atoms. The van der Waals surface area contributed by atoms with Crippen LogP contribution < -0.4 is 16.0 Å². The molecular formula is C18H17Cl2N3O2. The van der Waals surface area contributed by atoms with Gasteiger partial charge in [0.2, 0.25) is 5.91 Å². The minimum absolute atomic E-state index is 0.228. The molecule has 3 rings (SSSR count). The Morgan fingerprint density at radius 3 is 1.92 bits per heavy atom. The molecule has 3 amide bonds. The summed E-state index contributed by atoms with van der Waals surface area (Å²) < 4.78 is 0. The standard InChI is InChI=1S/C18H17Cl2N3O2/c1-18(10-21-17(25)23-18)16(24)22-15(11-2-6-13(19)7-3-11)12-4-8-14(20)9-5-12/h2-9,15H,10H2,1H3,(H,22,24)(H2,21,23,25)/t18-/m0/s1. The molecule has 3 N–H and O–H groups in total. The molecule has 1 aliphatic heterocycles. The fourth-order valence-electron chi connectivity index (χ4n) is 2.69. The van der Waals surface area contributed by atoms with Gasteiger partial charge in [0.15, 0.2) is 0 Å². The summed E-state index contributed by atoms with van der Waals surface area (Å²) in [7, 11) is 0. The smallest absolute Gasteiger partial charge is 0.315 e. The number of hydrogen-bond donors (Lipinski definition) is 3. The average Bonchev–Trinajstić information content (AvgIpc) is 2.95. The van der Waals surface area contributed by atoms with Crippen molar-refractivity contribution in [2.24, 2.45) is 0 Å². The van der Waals surface area contributed by atoms with Crippen molar-refractivity contribution in [3.05, 3.63) is 69.7 Å². The second-order valence-electron chi connectivity index (χ2n) is 6.15. The highest BCUT2D eigenvalue weighted by atomic mass is 35.5. The zero-order valence-corrected chi connectivity index (χ0v) is 15.0. The lowest BCUT2D eigenvalue weighted by Gasteiger charge is -2.27. The predicted molar refractivity (Wildman–Crippen MR) is 97.8 cm³/mol. The average molecular weight is 378 g/mol. The van der Waals surface area contributed by atoms with Crippen molar-refractivity contribution >= 4 is 35.1 Å². The monoisotopic (exact) mass is 377 g/mol. The molecule has 1 fully saturated rings. The molecule has 2 aromatic rings. The highest BCUT2D eigenvalue weighted by Gasteiger charge is 2.41. The van der Waals surface area contributed by atoms with Crippen LogP contribution in [0.5, 0.6) is 0 Å². The van der Waals surface area contributed by atoms with Crippen molar-refractivity contribution < 1.29 is 9.59 Å². The predicted octanol–water partition coefficient (Wildman–Crippen LogP) is 3.27. The second-order valence-corrected chi connectivity index (χ2v) is 7.02. The molecule has 130 valence electrons. The molecule has 0 aromatic heterocycles. The minimum atomic E-state index is -1.01. The Kier molecular flexibility index (Phi) is 4.88. The fourth-order valence-corrected chi connectivity index (χ4v) is 2.94. The highest BCUT2D eigenvalue weighted by molar-refractivity contribution is 6.30. The van der Waals surface area contributed by atoms with Gasteiger partial charge < -0.3 is 16.0 Å². The summed E-state index contributed by atoms with van der Waals surface area (Å²) in [4.78, 5) is 24.2. The van der Waals surface area contributed by atoms with Gasteiger partial charge in [0.05, 0.1) is 12.6 Å². The molecule has 5 nitrogen and oxygen atoms in total. The van der Waals surface area contributed by atoms with E-state index in [1.807, 2.05) is 24.3 Å². The number of halogens is 2. The SMILES string of the molecule is C[C@@]1(C(=O)NC(c2ccc(Cl)cc2)c2ccc(Cl)cc2)CNC(=O)N1. The van der Waals surface area contributed by atoms with Gasteiger partial charge >= 0.3 is 6.03 Å². The number of carbonyl (C=O) groups excluding carboxylic acids is 2. The molecular weight excluding hydrogens is 361 g/mol. The number of amides is 3. The van der Waals surface area contributed by atoms with E-state index in [1.165, 1.54) is 0 Å². The molecule has 0 saturated carbocycles. The van der Waals surface area contributed by atoms with E-state index >= 15 is 0 Å². The van der Waals surface area contributed by atoms with Crippen LogP contribution in [0, 0.1) is 0 Å². The van der Waals surface area contributed by atoms with E-state index in [9.17, 15) is 9.59 Å². The van der Waals surface area contributed by atoms with Crippen LogP contribution in [0.1, 0.15) is 24.1 Å². The van der Waals surface area contributed by atoms with Crippen molar-refractivity contribution in [1.82, 2.24) is 16.0 Å². The molecule has 25 heavy (non-hydrogen) atoms. The Bertz CT molecular complexity index is 747. The summed E-state index contributed by atoms with van der Waals surface area (Å²) in [6.45, 7) is 1.91. The maximum absolute atomic E-state index is 12.8. The second kappa shape index (κ2) is 6.94. The molecule has 0 radical (unpaired) electrons. The van der Waals surface area contributed by atoms with Crippen LogP contribution in [0.25, 0.3) is 0 Å². The van der Waals surface area contributed by atoms with E-state index in [4.69, 9.17) is 23.2 Å². The molecule has 0 unspecified atom stereocenters. The van der Waals surface area contributed by atoms with Crippen molar-refractivity contribution in [2.45, 2.75) is 18.5 Å². The minimum Gasteiger partial charge on any atom is -0.343 e. The quantitative estimate of drug-likeness (QED) is 0.764. The third-order valence-corrected chi connectivity index (χ3v) is 4.68. The Hall–Kier alpha value is -2.24. The van der Waals surface area contributed by atoms with E-state index < -0.39 is 11.6 Å². The van der Waals surface area contributed by atoms with E-state index in [1.54, 1.807) is 31.2 Å². The van der Waals surface area contributed by atoms with Gasteiger partial charge in [-0.1, -0.05) is 47.5 Å². The lowest BCUT2D eigenvalue weighted by atomic mass is 9.96. The largest absolute Gasteiger partial charge is 0.343 e. The van der Waals surface area contributed by atoms with Crippen LogP contribution in [0.3, 0.4) is 0 Å². The summed E-state index contributed by atoms with van der Waals surface area (Å²) in [6.07, 6.45) is 0. The summed E-state index contributed by atoms with van der Waals surface area (Å²) in [5.74, 6) is -0.277. The zero-order chi connectivity index (χ0) is 18.0. The number of nitrogens with one attached hydrogen (secondary N) is 3. The first kappa shape index (κ1) is 17.6. The van der Waals surface area contributed by atoms with Crippen LogP contribution in [0.15, 0.2) is 48.5 Å². The van der Waals surface area contributed by atoms with Crippen LogP contribution >= 0.6 is 23.2 Å². The van der Waals surface area contributed by atoms with Crippen molar-refractivity contribution in [2.75, 3.05) is 6.54 Å². The molecule has 1 atom stereocenters. The lowest BCUT2D eigenvalue weighted by Crippen LogP contribution is -2.54. The maximum atomic E-state index is 12.8. The van der Waals surface area contributed by atoms with Crippen molar-refractivity contribution in [3.63, 3.8) is 0 Å². The first-order valence-electron chi connectivity index (χ1n) is 7.75. The topological polar surface area (TPSA) is 70.2 Å². The van der Waals surface area contributed by atoms with Gasteiger partial charge in [0.1, 0.15) is 5.54 Å².